The highest BCUT2D eigenvalue weighted by Crippen LogP contribution is 2.35. The molecule has 1 aromatic carbocycles. The Morgan fingerprint density at radius 3 is 2.51 bits per heavy atom. The van der Waals surface area contributed by atoms with E-state index < -0.39 is 72.7 Å². The number of likely N-dealkylation sites (N-methyl/N-ethyl adjacent to an activating group) is 1. The van der Waals surface area contributed by atoms with Crippen LogP contribution in [0.3, 0.4) is 0 Å². The van der Waals surface area contributed by atoms with Crippen LogP contribution in [0.25, 0.3) is 16.6 Å². The number of carbonyl (C=O) groups is 2. The first-order valence-corrected chi connectivity index (χ1v) is 20.8. The lowest BCUT2D eigenvalue weighted by molar-refractivity contribution is -0.304. The normalized spacial score (nSPS) is 33.2. The molecule has 0 amide bonds. The monoisotopic (exact) mass is 820 g/mol. The molecular weight excluding hydrogens is 757 g/mol. The quantitative estimate of drug-likeness (QED) is 0.206. The predicted octanol–water partition coefficient (Wildman–Crippen LogP) is 3.46. The first kappa shape index (κ1) is 46.1. The topological polar surface area (TPSA) is 193 Å². The minimum absolute atomic E-state index is 0.103. The fraction of sp³-hybridized carbons (Fsp3) is 0.614. The second-order valence-electron chi connectivity index (χ2n) is 16.8. The molecule has 12 atom stereocenters. The fourth-order valence-electron chi connectivity index (χ4n) is 8.30. The lowest BCUT2D eigenvalue weighted by Crippen LogP contribution is -2.63. The number of pyridine rings is 1. The summed E-state index contributed by atoms with van der Waals surface area (Å²) < 4.78 is 20.4. The van der Waals surface area contributed by atoms with Crippen LogP contribution in [-0.4, -0.2) is 145 Å². The van der Waals surface area contributed by atoms with Gasteiger partial charge in [0.2, 0.25) is 0 Å². The van der Waals surface area contributed by atoms with Gasteiger partial charge in [0.1, 0.15) is 12.2 Å². The number of benzene rings is 1. The van der Waals surface area contributed by atoms with E-state index in [1.54, 1.807) is 55.9 Å². The molecule has 2 aliphatic heterocycles. The van der Waals surface area contributed by atoms with E-state index in [2.05, 4.69) is 20.2 Å². The van der Waals surface area contributed by atoms with Crippen LogP contribution in [0.2, 0.25) is 0 Å². The molecular formula is C44H64N6O9. The van der Waals surface area contributed by atoms with Crippen molar-refractivity contribution in [3.63, 3.8) is 0 Å². The molecule has 3 aromatic rings. The smallest absolute Gasteiger partial charge is 0.308 e. The maximum absolute atomic E-state index is 13.7. The van der Waals surface area contributed by atoms with Gasteiger partial charge in [-0.1, -0.05) is 49.8 Å². The Balaban J connectivity index is 1.44. The van der Waals surface area contributed by atoms with E-state index in [0.717, 1.165) is 27.9 Å². The van der Waals surface area contributed by atoms with E-state index in [9.17, 15) is 30.0 Å². The maximum atomic E-state index is 13.7. The number of aliphatic hydroxyl groups is 4. The molecule has 2 unspecified atom stereocenters. The zero-order chi connectivity index (χ0) is 43.0. The van der Waals surface area contributed by atoms with Gasteiger partial charge in [0.15, 0.2) is 12.1 Å². The summed E-state index contributed by atoms with van der Waals surface area (Å²) in [6.45, 7) is 9.78. The highest BCUT2D eigenvalue weighted by molar-refractivity contribution is 5.91. The van der Waals surface area contributed by atoms with Gasteiger partial charge in [0.05, 0.1) is 66.6 Å². The van der Waals surface area contributed by atoms with E-state index in [4.69, 9.17) is 14.2 Å². The number of ether oxygens (including phenoxy) is 3. The van der Waals surface area contributed by atoms with Crippen LogP contribution in [0.1, 0.15) is 66.0 Å². The van der Waals surface area contributed by atoms with Crippen molar-refractivity contribution in [1.82, 2.24) is 29.8 Å². The number of hydrogen-bond acceptors (Lipinski definition) is 14. The molecule has 59 heavy (non-hydrogen) atoms. The van der Waals surface area contributed by atoms with Gasteiger partial charge in [0.25, 0.3) is 0 Å². The van der Waals surface area contributed by atoms with Gasteiger partial charge in [-0.05, 0) is 97.1 Å². The molecule has 0 bridgehead atoms. The van der Waals surface area contributed by atoms with E-state index in [0.29, 0.717) is 32.4 Å². The van der Waals surface area contributed by atoms with Crippen LogP contribution in [-0.2, 0) is 30.3 Å². The summed E-state index contributed by atoms with van der Waals surface area (Å²) in [4.78, 5) is 35.4. The molecule has 0 aliphatic carbocycles. The predicted molar refractivity (Wildman–Crippen MR) is 222 cm³/mol. The number of allylic oxidation sites excluding steroid dienone is 3. The van der Waals surface area contributed by atoms with Gasteiger partial charge in [-0.2, -0.15) is 0 Å². The largest absolute Gasteiger partial charge is 0.462 e. The second kappa shape index (κ2) is 21.0. The zero-order valence-electron chi connectivity index (χ0n) is 35.7. The standard InChI is InChI=1S/C44H64N6O9/c1-9-38-32(25-51)19-26(2)12-15-36(52)27(3)20-31(16-18-49(8)23-33-24-50(47-46-33)34-13-14-35-30(21-34)11-10-17-45-35)43(28(4)37(53)22-39(54)58-38)59-44-42(56)40(48(6)7)41(55)29(5)57-44/h10-15,17,19,21,24,27-29,31-32,37-38,40-44,51,53,55-56H,9,16,18,20,22-23,25H2,1-8H3/b15-12+,26-19+/t27-,28+,29-,31+,32-,37-,38-,40?,41-,42?,43-,44+/m1/s1. The van der Waals surface area contributed by atoms with Gasteiger partial charge >= 0.3 is 5.97 Å². The molecule has 2 aliphatic rings. The van der Waals surface area contributed by atoms with Crippen LogP contribution < -0.4 is 0 Å². The molecule has 15 heteroatoms. The number of aliphatic hydroxyl groups excluding tert-OH is 4. The van der Waals surface area contributed by atoms with Gasteiger partial charge in [0, 0.05) is 35.9 Å². The van der Waals surface area contributed by atoms with Crippen LogP contribution >= 0.6 is 0 Å². The van der Waals surface area contributed by atoms with Crippen molar-refractivity contribution in [2.24, 2.45) is 23.7 Å². The van der Waals surface area contributed by atoms with E-state index in [-0.39, 0.29) is 24.7 Å². The minimum Gasteiger partial charge on any atom is -0.462 e. The third kappa shape index (κ3) is 11.9. The number of esters is 1. The summed E-state index contributed by atoms with van der Waals surface area (Å²) in [7, 11) is 5.49. The molecule has 324 valence electrons. The third-order valence-electron chi connectivity index (χ3n) is 11.9. The Kier molecular flexibility index (Phi) is 16.5. The van der Waals surface area contributed by atoms with Crippen LogP contribution in [0, 0.1) is 23.7 Å². The van der Waals surface area contributed by atoms with Crippen LogP contribution in [0.4, 0.5) is 0 Å². The molecule has 0 spiro atoms. The molecule has 1 fully saturated rings. The second-order valence-corrected chi connectivity index (χ2v) is 16.8. The van der Waals surface area contributed by atoms with Gasteiger partial charge in [-0.3, -0.25) is 14.6 Å². The van der Waals surface area contributed by atoms with Crippen molar-refractivity contribution in [2.75, 3.05) is 34.3 Å². The Bertz CT molecular complexity index is 1900. The third-order valence-corrected chi connectivity index (χ3v) is 11.9. The van der Waals surface area contributed by atoms with Crippen molar-refractivity contribution >= 4 is 22.7 Å². The minimum atomic E-state index is -1.26. The van der Waals surface area contributed by atoms with Crippen molar-refractivity contribution in [1.29, 1.82) is 0 Å². The lowest BCUT2D eigenvalue weighted by Gasteiger charge is -2.46. The molecule has 0 saturated carbocycles. The number of aromatic nitrogens is 4. The summed E-state index contributed by atoms with van der Waals surface area (Å²) >= 11 is 0. The van der Waals surface area contributed by atoms with E-state index in [1.807, 2.05) is 64.3 Å². The Morgan fingerprint density at radius 2 is 1.80 bits per heavy atom. The highest BCUT2D eigenvalue weighted by Gasteiger charge is 2.47. The molecule has 4 heterocycles. The van der Waals surface area contributed by atoms with Gasteiger partial charge in [-0.25, -0.2) is 4.68 Å². The number of nitrogens with zero attached hydrogens (tertiary/aromatic N) is 6. The number of ketones is 1. The van der Waals surface area contributed by atoms with Gasteiger partial charge in [-0.15, -0.1) is 5.10 Å². The maximum Gasteiger partial charge on any atom is 0.308 e. The Morgan fingerprint density at radius 1 is 1.03 bits per heavy atom. The average Bonchev–Trinajstić information content (AvgIpc) is 3.68. The first-order chi connectivity index (χ1) is 28.1. The number of cyclic esters (lactones) is 1. The molecule has 0 radical (unpaired) electrons. The molecule has 4 N–H and O–H groups in total. The van der Waals surface area contributed by atoms with Crippen molar-refractivity contribution in [2.45, 2.75) is 116 Å². The Hall–Kier alpha value is -3.93. The SMILES string of the molecule is CC[C@H]1OC(=O)C[C@@H](O)[C@H](C)[C@@H](O[C@@H]2O[C@H](C)[C@@H](O)C(N(C)C)C2O)[C@@H](CCN(C)Cc2cn(-c3ccc4ncccc4c3)nn2)C[C@@H](C)C(=O)/C=C/C(C)=C/[C@@H]1CO. The first-order valence-electron chi connectivity index (χ1n) is 20.8. The average molecular weight is 821 g/mol. The zero-order valence-corrected chi connectivity index (χ0v) is 35.7. The van der Waals surface area contributed by atoms with Crippen LogP contribution in [0.15, 0.2) is 66.5 Å². The van der Waals surface area contributed by atoms with Crippen molar-refractivity contribution in [3.05, 3.63) is 72.2 Å². The summed E-state index contributed by atoms with van der Waals surface area (Å²) in [5.41, 5.74) is 3.23. The van der Waals surface area contributed by atoms with E-state index >= 15 is 0 Å². The summed E-state index contributed by atoms with van der Waals surface area (Å²) in [6.07, 6.45) is 2.82. The van der Waals surface area contributed by atoms with E-state index in [1.165, 1.54) is 6.08 Å². The fourth-order valence-corrected chi connectivity index (χ4v) is 8.30. The molecule has 5 rings (SSSR count). The lowest BCUT2D eigenvalue weighted by atomic mass is 9.79. The summed E-state index contributed by atoms with van der Waals surface area (Å²) in [5.74, 6) is -2.78. The highest BCUT2D eigenvalue weighted by atomic mass is 16.7. The molecule has 2 aromatic heterocycles. The van der Waals surface area contributed by atoms with Crippen molar-refractivity contribution in [3.8, 4) is 5.69 Å². The van der Waals surface area contributed by atoms with Crippen molar-refractivity contribution < 1.29 is 44.2 Å². The van der Waals surface area contributed by atoms with Crippen LogP contribution in [0.5, 0.6) is 0 Å². The summed E-state index contributed by atoms with van der Waals surface area (Å²) in [5, 5.41) is 54.3. The molecule has 15 nitrogen and oxygen atoms in total. The molecule has 1 saturated heterocycles. The van der Waals surface area contributed by atoms with Gasteiger partial charge < -0.3 is 44.4 Å². The number of fused-ring (bicyclic) bond motifs is 1. The Labute approximate surface area is 347 Å². The number of carbonyl (C=O) groups excluding carboxylic acids is 2. The number of rotatable bonds is 11. The summed E-state index contributed by atoms with van der Waals surface area (Å²) in [6, 6.07) is 9.08. The number of hydrogen-bond donors (Lipinski definition) is 4.